The summed E-state index contributed by atoms with van der Waals surface area (Å²) in [7, 11) is 0. The average molecular weight is 416 g/mol. The molecule has 4 aliphatic rings. The summed E-state index contributed by atoms with van der Waals surface area (Å²) in [5.74, 6) is 0.836. The van der Waals surface area contributed by atoms with Crippen LogP contribution in [-0.2, 0) is 9.53 Å². The lowest BCUT2D eigenvalue weighted by molar-refractivity contribution is -0.146. The molecule has 4 fully saturated rings. The fraction of sp³-hybridized carbons (Fsp3) is 0.609. The van der Waals surface area contributed by atoms with E-state index >= 15 is 0 Å². The second-order valence-corrected chi connectivity index (χ2v) is 9.33. The maximum Gasteiger partial charge on any atom is 0.315 e. The van der Waals surface area contributed by atoms with Gasteiger partial charge < -0.3 is 15.4 Å². The number of ketones is 1. The van der Waals surface area contributed by atoms with E-state index in [-0.39, 0.29) is 30.1 Å². The van der Waals surface area contributed by atoms with E-state index in [1.165, 1.54) is 50.5 Å². The van der Waals surface area contributed by atoms with E-state index in [4.69, 9.17) is 4.74 Å². The molecule has 0 aromatic heterocycles. The summed E-state index contributed by atoms with van der Waals surface area (Å²) >= 11 is 0. The number of carbonyl (C=O) groups excluding carboxylic acids is 3. The molecule has 0 heterocycles. The van der Waals surface area contributed by atoms with Gasteiger partial charge in [0.05, 0.1) is 6.42 Å². The second kappa shape index (κ2) is 8.36. The molecule has 0 aliphatic heterocycles. The quantitative estimate of drug-likeness (QED) is 0.525. The van der Waals surface area contributed by atoms with Crippen LogP contribution in [0.5, 0.6) is 0 Å². The summed E-state index contributed by atoms with van der Waals surface area (Å²) < 4.78 is 18.1. The number of esters is 1. The van der Waals surface area contributed by atoms with Crippen molar-refractivity contribution in [3.05, 3.63) is 35.6 Å². The van der Waals surface area contributed by atoms with E-state index in [0.29, 0.717) is 0 Å². The Morgan fingerprint density at radius 1 is 1.07 bits per heavy atom. The number of carbonyl (C=O) groups is 3. The smallest absolute Gasteiger partial charge is 0.315 e. The van der Waals surface area contributed by atoms with Crippen molar-refractivity contribution in [1.82, 2.24) is 10.6 Å². The molecule has 4 aliphatic carbocycles. The summed E-state index contributed by atoms with van der Waals surface area (Å²) in [4.78, 5) is 36.7. The van der Waals surface area contributed by atoms with Crippen LogP contribution in [0.25, 0.3) is 0 Å². The number of benzene rings is 1. The van der Waals surface area contributed by atoms with Gasteiger partial charge in [0.15, 0.2) is 6.10 Å². The third kappa shape index (κ3) is 4.65. The lowest BCUT2D eigenvalue weighted by atomic mass is 9.53. The Hall–Kier alpha value is -2.44. The minimum absolute atomic E-state index is 0.0185. The van der Waals surface area contributed by atoms with Gasteiger partial charge in [-0.3, -0.25) is 9.59 Å². The maximum atomic E-state index is 13.0. The molecule has 162 valence electrons. The van der Waals surface area contributed by atoms with Crippen LogP contribution in [-0.4, -0.2) is 36.0 Å². The number of hydrogen-bond donors (Lipinski definition) is 2. The lowest BCUT2D eigenvalue weighted by Crippen LogP contribution is -2.61. The zero-order chi connectivity index (χ0) is 21.3. The van der Waals surface area contributed by atoms with Gasteiger partial charge in [-0.2, -0.15) is 0 Å². The van der Waals surface area contributed by atoms with Gasteiger partial charge in [-0.15, -0.1) is 0 Å². The van der Waals surface area contributed by atoms with E-state index in [0.717, 1.165) is 37.0 Å². The van der Waals surface area contributed by atoms with Gasteiger partial charge in [-0.1, -0.05) is 0 Å². The molecule has 1 atom stereocenters. The molecule has 0 radical (unpaired) electrons. The molecule has 4 bridgehead atoms. The van der Waals surface area contributed by atoms with Crippen molar-refractivity contribution in [3.8, 4) is 0 Å². The van der Waals surface area contributed by atoms with Crippen molar-refractivity contribution < 1.29 is 23.5 Å². The normalized spacial score (nSPS) is 29.9. The van der Waals surface area contributed by atoms with Crippen molar-refractivity contribution in [3.63, 3.8) is 0 Å². The number of nitrogens with one attached hydrogen (secondary N) is 2. The fourth-order valence-corrected chi connectivity index (χ4v) is 5.99. The van der Waals surface area contributed by atoms with Gasteiger partial charge in [0.2, 0.25) is 5.78 Å². The van der Waals surface area contributed by atoms with E-state index in [9.17, 15) is 18.8 Å². The number of rotatable bonds is 7. The van der Waals surface area contributed by atoms with Gasteiger partial charge in [0.25, 0.3) is 0 Å². The van der Waals surface area contributed by atoms with Crippen molar-refractivity contribution >= 4 is 17.8 Å². The third-order valence-electron chi connectivity index (χ3n) is 6.84. The van der Waals surface area contributed by atoms with Crippen LogP contribution in [0.2, 0.25) is 0 Å². The Morgan fingerprint density at radius 2 is 1.63 bits per heavy atom. The van der Waals surface area contributed by atoms with Gasteiger partial charge in [0, 0.05) is 17.6 Å². The van der Waals surface area contributed by atoms with Crippen LogP contribution in [0.3, 0.4) is 0 Å². The Kier molecular flexibility index (Phi) is 5.80. The molecular weight excluding hydrogens is 387 g/mol. The maximum absolute atomic E-state index is 13.0. The van der Waals surface area contributed by atoms with Gasteiger partial charge >= 0.3 is 12.0 Å². The Labute approximate surface area is 175 Å². The first-order chi connectivity index (χ1) is 14.3. The first-order valence-electron chi connectivity index (χ1n) is 10.9. The zero-order valence-electron chi connectivity index (χ0n) is 17.3. The minimum atomic E-state index is -0.969. The predicted molar refractivity (Wildman–Crippen MR) is 108 cm³/mol. The highest BCUT2D eigenvalue weighted by atomic mass is 19.1. The van der Waals surface area contributed by atoms with E-state index in [2.05, 4.69) is 10.6 Å². The summed E-state index contributed by atoms with van der Waals surface area (Å²) in [5.41, 5.74) is 0.208. The lowest BCUT2D eigenvalue weighted by Gasteiger charge is -2.56. The number of hydrogen-bond acceptors (Lipinski definition) is 4. The van der Waals surface area contributed by atoms with Crippen LogP contribution < -0.4 is 10.6 Å². The van der Waals surface area contributed by atoms with E-state index < -0.39 is 23.7 Å². The first kappa shape index (κ1) is 20.8. The van der Waals surface area contributed by atoms with E-state index in [1.807, 2.05) is 0 Å². The highest BCUT2D eigenvalue weighted by molar-refractivity contribution is 6.00. The molecule has 2 amide bonds. The number of ether oxygens (including phenoxy) is 1. The number of amides is 2. The van der Waals surface area contributed by atoms with Gasteiger partial charge in [-0.25, -0.2) is 9.18 Å². The van der Waals surface area contributed by atoms with Crippen LogP contribution in [0, 0.1) is 23.6 Å². The number of Topliss-reactive ketones (excluding diaryl/α,β-unsaturated/α-hetero) is 1. The van der Waals surface area contributed by atoms with Gasteiger partial charge in [0.1, 0.15) is 5.82 Å². The molecule has 0 saturated heterocycles. The summed E-state index contributed by atoms with van der Waals surface area (Å²) in [5, 5.41) is 5.95. The molecule has 6 nitrogen and oxygen atoms in total. The Bertz CT molecular complexity index is 788. The number of urea groups is 1. The molecule has 1 aromatic carbocycles. The average Bonchev–Trinajstić information content (AvgIpc) is 2.66. The Morgan fingerprint density at radius 3 is 2.20 bits per heavy atom. The highest BCUT2D eigenvalue weighted by Crippen LogP contribution is 2.55. The van der Waals surface area contributed by atoms with Crippen LogP contribution in [0.4, 0.5) is 9.18 Å². The zero-order valence-corrected chi connectivity index (χ0v) is 17.3. The molecule has 7 heteroatoms. The first-order valence-corrected chi connectivity index (χ1v) is 10.9. The molecule has 1 aromatic rings. The molecular formula is C23H29FN2O4. The second-order valence-electron chi connectivity index (χ2n) is 9.33. The third-order valence-corrected chi connectivity index (χ3v) is 6.84. The molecule has 5 rings (SSSR count). The summed E-state index contributed by atoms with van der Waals surface area (Å²) in [6.45, 7) is 1.63. The molecule has 4 saturated carbocycles. The van der Waals surface area contributed by atoms with Crippen molar-refractivity contribution in [2.45, 2.75) is 63.5 Å². The monoisotopic (exact) mass is 416 g/mol. The van der Waals surface area contributed by atoms with Crippen LogP contribution in [0.15, 0.2) is 24.3 Å². The van der Waals surface area contributed by atoms with Crippen LogP contribution in [0.1, 0.15) is 62.2 Å². The van der Waals surface area contributed by atoms with Crippen molar-refractivity contribution in [2.75, 3.05) is 6.54 Å². The fourth-order valence-electron chi connectivity index (χ4n) is 5.99. The highest BCUT2D eigenvalue weighted by Gasteiger charge is 2.51. The standard InChI is InChI=1S/C23H29FN2O4/c1-14(21(28)18-2-4-19(24)5-3-18)30-20(27)6-7-25-22(29)26-23-11-15-8-16(12-23)10-17(9-15)13-23/h2-5,14-17H,6-13H2,1H3,(H2,25,26,29)/t14-,15?,16?,17?,23?/m1/s1. The summed E-state index contributed by atoms with van der Waals surface area (Å²) in [6, 6.07) is 4.86. The molecule has 30 heavy (non-hydrogen) atoms. The summed E-state index contributed by atoms with van der Waals surface area (Å²) in [6.07, 6.45) is 6.14. The molecule has 2 N–H and O–H groups in total. The molecule has 0 unspecified atom stereocenters. The van der Waals surface area contributed by atoms with Gasteiger partial charge in [-0.05, 0) is 87.5 Å². The Balaban J connectivity index is 1.19. The van der Waals surface area contributed by atoms with Crippen LogP contribution >= 0.6 is 0 Å². The van der Waals surface area contributed by atoms with Crippen molar-refractivity contribution in [2.24, 2.45) is 17.8 Å². The number of halogens is 1. The SMILES string of the molecule is C[C@@H](OC(=O)CCNC(=O)NC12CC3CC(CC(C3)C1)C2)C(=O)c1ccc(F)cc1. The predicted octanol–water partition coefficient (Wildman–Crippen LogP) is 3.60. The topological polar surface area (TPSA) is 84.5 Å². The van der Waals surface area contributed by atoms with Crippen molar-refractivity contribution in [1.29, 1.82) is 0 Å². The van der Waals surface area contributed by atoms with E-state index in [1.54, 1.807) is 0 Å². The molecule has 0 spiro atoms. The minimum Gasteiger partial charge on any atom is -0.454 e. The largest absolute Gasteiger partial charge is 0.454 e.